The number of fused-ring (bicyclic) bond motifs is 1. The van der Waals surface area contributed by atoms with Crippen molar-refractivity contribution in [2.75, 3.05) is 11.5 Å². The molecule has 1 saturated carbocycles. The number of ether oxygens (including phenoxy) is 1. The first-order chi connectivity index (χ1) is 11.9. The van der Waals surface area contributed by atoms with E-state index in [0.29, 0.717) is 16.4 Å². The van der Waals surface area contributed by atoms with Crippen LogP contribution < -0.4 is 11.1 Å². The predicted molar refractivity (Wildman–Crippen MR) is 99.1 cm³/mol. The molecule has 1 heterocycles. The van der Waals surface area contributed by atoms with Crippen molar-refractivity contribution in [3.05, 3.63) is 29.6 Å². The molecule has 1 aromatic rings. The predicted octanol–water partition coefficient (Wildman–Crippen LogP) is 4.03. The molecule has 1 fully saturated rings. The van der Waals surface area contributed by atoms with E-state index in [1.807, 2.05) is 0 Å². The van der Waals surface area contributed by atoms with E-state index >= 15 is 0 Å². The van der Waals surface area contributed by atoms with Crippen LogP contribution in [0, 0.1) is 11.7 Å². The molecule has 2 aliphatic rings. The van der Waals surface area contributed by atoms with E-state index in [9.17, 15) is 9.18 Å². The number of nitrogens with two attached hydrogens (primary N) is 1. The van der Waals surface area contributed by atoms with Crippen molar-refractivity contribution in [2.45, 2.75) is 51.2 Å². The summed E-state index contributed by atoms with van der Waals surface area (Å²) in [5.41, 5.74) is 6.31. The average Bonchev–Trinajstić information content (AvgIpc) is 2.56. The molecule has 3 N–H and O–H groups in total. The van der Waals surface area contributed by atoms with Crippen LogP contribution in [0.25, 0.3) is 0 Å². The van der Waals surface area contributed by atoms with Crippen molar-refractivity contribution < 1.29 is 13.9 Å². The molecule has 3 rings (SSSR count). The fourth-order valence-electron chi connectivity index (χ4n) is 3.67. The molecule has 0 spiro atoms. The second kappa shape index (κ2) is 7.23. The Kier molecular flexibility index (Phi) is 5.22. The molecule has 0 bridgehead atoms. The number of carbonyl (C=O) groups is 1. The van der Waals surface area contributed by atoms with Crippen molar-refractivity contribution in [3.8, 4) is 0 Å². The maximum atomic E-state index is 14.6. The summed E-state index contributed by atoms with van der Waals surface area (Å²) in [6.45, 7) is 3.58. The summed E-state index contributed by atoms with van der Waals surface area (Å²) in [6.07, 6.45) is 3.10. The highest BCUT2D eigenvalue weighted by Crippen LogP contribution is 2.50. The lowest BCUT2D eigenvalue weighted by molar-refractivity contribution is 0.120. The number of benzene rings is 1. The molecule has 0 saturated heterocycles. The summed E-state index contributed by atoms with van der Waals surface area (Å²) < 4.78 is 19.8. The third kappa shape index (κ3) is 3.76. The number of amides is 1. The molecular formula is C18H24FN3O2S. The monoisotopic (exact) mass is 365 g/mol. The number of carbonyl (C=O) groups excluding carboxylic acids is 1. The van der Waals surface area contributed by atoms with Crippen LogP contribution in [-0.4, -0.2) is 23.1 Å². The summed E-state index contributed by atoms with van der Waals surface area (Å²) >= 11 is 1.49. The number of hydrogen-bond donors (Lipinski definition) is 2. The normalized spacial score (nSPS) is 25.9. The fourth-order valence-corrected chi connectivity index (χ4v) is 4.86. The first-order valence-electron chi connectivity index (χ1n) is 8.66. The van der Waals surface area contributed by atoms with E-state index in [4.69, 9.17) is 15.5 Å². The number of hydrogen-bond acceptors (Lipinski definition) is 5. The molecule has 25 heavy (non-hydrogen) atoms. The molecule has 7 heteroatoms. The molecule has 2 atom stereocenters. The first kappa shape index (κ1) is 18.0. The number of amidine groups is 1. The lowest BCUT2D eigenvalue weighted by Gasteiger charge is -2.44. The zero-order valence-corrected chi connectivity index (χ0v) is 15.4. The Balaban J connectivity index is 1.97. The van der Waals surface area contributed by atoms with Gasteiger partial charge in [0.25, 0.3) is 0 Å². The number of rotatable bonds is 2. The molecular weight excluding hydrogens is 341 g/mol. The molecule has 1 aliphatic heterocycles. The number of anilines is 1. The first-order valence-corrected chi connectivity index (χ1v) is 9.65. The fraction of sp³-hybridized carbons (Fsp3) is 0.556. The Bertz CT molecular complexity index is 695. The molecule has 1 aromatic carbocycles. The zero-order chi connectivity index (χ0) is 18.0. The SMILES string of the molecule is CC(C)OC(=O)NC1=N[C@@]2(c3cc(N)ccc3F)CCCC[C@H]2CS1. The van der Waals surface area contributed by atoms with Crippen LogP contribution in [0.1, 0.15) is 45.1 Å². The Morgan fingerprint density at radius 2 is 2.28 bits per heavy atom. The third-order valence-electron chi connectivity index (χ3n) is 4.77. The Hall–Kier alpha value is -1.76. The summed E-state index contributed by atoms with van der Waals surface area (Å²) in [5, 5.41) is 3.20. The van der Waals surface area contributed by atoms with Crippen LogP contribution >= 0.6 is 11.8 Å². The summed E-state index contributed by atoms with van der Waals surface area (Å²) in [6, 6.07) is 4.66. The van der Waals surface area contributed by atoms with Gasteiger partial charge in [-0.05, 0) is 50.8 Å². The Morgan fingerprint density at radius 3 is 3.04 bits per heavy atom. The highest BCUT2D eigenvalue weighted by Gasteiger charge is 2.46. The van der Waals surface area contributed by atoms with Gasteiger partial charge < -0.3 is 10.5 Å². The van der Waals surface area contributed by atoms with Gasteiger partial charge in [0, 0.05) is 17.0 Å². The maximum absolute atomic E-state index is 14.6. The molecule has 1 aliphatic carbocycles. The van der Waals surface area contributed by atoms with Crippen molar-refractivity contribution in [3.63, 3.8) is 0 Å². The van der Waals surface area contributed by atoms with E-state index in [-0.39, 0.29) is 17.8 Å². The Morgan fingerprint density at radius 1 is 1.48 bits per heavy atom. The standard InChI is InChI=1S/C18H24FN3O2S/c1-11(2)24-17(23)21-16-22-18(8-4-3-5-12(18)10-25-16)14-9-13(20)6-7-15(14)19/h6-7,9,11-12H,3-5,8,10,20H2,1-2H3,(H,21,22,23)/t12-,18-/m0/s1. The number of nitrogens with zero attached hydrogens (tertiary/aromatic N) is 1. The summed E-state index contributed by atoms with van der Waals surface area (Å²) in [4.78, 5) is 16.7. The van der Waals surface area contributed by atoms with Gasteiger partial charge in [-0.15, -0.1) is 0 Å². The van der Waals surface area contributed by atoms with Gasteiger partial charge >= 0.3 is 6.09 Å². The van der Waals surface area contributed by atoms with Gasteiger partial charge in [0.1, 0.15) is 5.82 Å². The molecule has 0 aromatic heterocycles. The van der Waals surface area contributed by atoms with Gasteiger partial charge in [-0.3, -0.25) is 10.3 Å². The van der Waals surface area contributed by atoms with Crippen LogP contribution in [-0.2, 0) is 10.3 Å². The third-order valence-corrected chi connectivity index (χ3v) is 5.80. The highest BCUT2D eigenvalue weighted by atomic mass is 32.2. The van der Waals surface area contributed by atoms with Gasteiger partial charge in [-0.1, -0.05) is 24.6 Å². The van der Waals surface area contributed by atoms with Crippen LogP contribution in [0.5, 0.6) is 0 Å². The maximum Gasteiger partial charge on any atom is 0.413 e. The minimum atomic E-state index is -0.663. The Labute approximate surface area is 151 Å². The van der Waals surface area contributed by atoms with Crippen molar-refractivity contribution >= 4 is 28.7 Å². The number of halogens is 1. The molecule has 136 valence electrons. The van der Waals surface area contributed by atoms with Gasteiger partial charge in [0.05, 0.1) is 11.6 Å². The van der Waals surface area contributed by atoms with E-state index in [1.54, 1.807) is 26.0 Å². The number of aliphatic imine (C=N–C) groups is 1. The number of nitrogen functional groups attached to an aromatic ring is 1. The van der Waals surface area contributed by atoms with Gasteiger partial charge in [0.2, 0.25) is 0 Å². The minimum Gasteiger partial charge on any atom is -0.447 e. The topological polar surface area (TPSA) is 76.7 Å². The number of thioether (sulfide) groups is 1. The average molecular weight is 365 g/mol. The second-order valence-corrected chi connectivity index (χ2v) is 7.92. The minimum absolute atomic E-state index is 0.211. The lowest BCUT2D eigenvalue weighted by Crippen LogP contribution is -2.45. The molecule has 5 nitrogen and oxygen atoms in total. The van der Waals surface area contributed by atoms with E-state index in [0.717, 1.165) is 31.4 Å². The number of alkyl carbamates (subject to hydrolysis) is 1. The highest BCUT2D eigenvalue weighted by molar-refractivity contribution is 8.13. The summed E-state index contributed by atoms with van der Waals surface area (Å²) in [7, 11) is 0. The van der Waals surface area contributed by atoms with Crippen molar-refractivity contribution in [2.24, 2.45) is 10.9 Å². The smallest absolute Gasteiger partial charge is 0.413 e. The lowest BCUT2D eigenvalue weighted by atomic mass is 9.69. The van der Waals surface area contributed by atoms with Gasteiger partial charge in [-0.25, -0.2) is 9.18 Å². The van der Waals surface area contributed by atoms with E-state index in [1.165, 1.54) is 17.8 Å². The largest absolute Gasteiger partial charge is 0.447 e. The van der Waals surface area contributed by atoms with E-state index < -0.39 is 11.6 Å². The quantitative estimate of drug-likeness (QED) is 0.776. The van der Waals surface area contributed by atoms with Crippen LogP contribution in [0.3, 0.4) is 0 Å². The molecule has 0 radical (unpaired) electrons. The molecule has 0 unspecified atom stereocenters. The second-order valence-electron chi connectivity index (χ2n) is 6.91. The zero-order valence-electron chi connectivity index (χ0n) is 14.5. The van der Waals surface area contributed by atoms with Crippen molar-refractivity contribution in [1.82, 2.24) is 5.32 Å². The summed E-state index contributed by atoms with van der Waals surface area (Å²) in [5.74, 6) is 0.727. The van der Waals surface area contributed by atoms with Gasteiger partial charge in [-0.2, -0.15) is 0 Å². The van der Waals surface area contributed by atoms with Crippen LogP contribution in [0.15, 0.2) is 23.2 Å². The van der Waals surface area contributed by atoms with E-state index in [2.05, 4.69) is 5.32 Å². The molecule has 1 amide bonds. The number of nitrogens with one attached hydrogen (secondary N) is 1. The van der Waals surface area contributed by atoms with Crippen molar-refractivity contribution in [1.29, 1.82) is 0 Å². The van der Waals surface area contributed by atoms with Crippen LogP contribution in [0.4, 0.5) is 14.9 Å². The van der Waals surface area contributed by atoms with Crippen LogP contribution in [0.2, 0.25) is 0 Å². The van der Waals surface area contributed by atoms with Gasteiger partial charge in [0.15, 0.2) is 5.17 Å².